The quantitative estimate of drug-likeness (QED) is 0.362. The Morgan fingerprint density at radius 1 is 0.545 bits per heavy atom. The van der Waals surface area contributed by atoms with Gasteiger partial charge in [0, 0.05) is 0 Å². The maximum Gasteiger partial charge on any atom is 0.0786 e. The lowest BCUT2D eigenvalue weighted by Crippen LogP contribution is -2.48. The SMILES string of the molecule is CCCCCCCCCCCC[N+](CC)(CC)CC.N.O.[OH-]. The highest BCUT2D eigenvalue weighted by Gasteiger charge is 2.19. The van der Waals surface area contributed by atoms with Crippen molar-refractivity contribution in [3.8, 4) is 0 Å². The second kappa shape index (κ2) is 20.8. The minimum Gasteiger partial charge on any atom is -0.870 e. The van der Waals surface area contributed by atoms with Crippen molar-refractivity contribution in [2.45, 2.75) is 91.9 Å². The van der Waals surface area contributed by atoms with E-state index in [9.17, 15) is 0 Å². The zero-order valence-electron chi connectivity index (χ0n) is 16.0. The molecule has 0 aliphatic carbocycles. The summed E-state index contributed by atoms with van der Waals surface area (Å²) in [4.78, 5) is 0. The molecule has 140 valence electrons. The molecule has 4 nitrogen and oxygen atoms in total. The van der Waals surface area contributed by atoms with Crippen LogP contribution < -0.4 is 6.15 Å². The Kier molecular flexibility index (Phi) is 28.2. The first-order valence-corrected chi connectivity index (χ1v) is 9.09. The highest BCUT2D eigenvalue weighted by molar-refractivity contribution is 4.48. The van der Waals surface area contributed by atoms with E-state index in [4.69, 9.17) is 0 Å². The van der Waals surface area contributed by atoms with E-state index in [1.54, 1.807) is 0 Å². The maximum atomic E-state index is 2.35. The Bertz CT molecular complexity index is 178. The van der Waals surface area contributed by atoms with Gasteiger partial charge in [-0.3, -0.25) is 0 Å². The third-order valence-electron chi connectivity index (χ3n) is 5.00. The van der Waals surface area contributed by atoms with Gasteiger partial charge in [0.1, 0.15) is 0 Å². The predicted octanol–water partition coefficient (Wildman–Crippen LogP) is 4.94. The van der Waals surface area contributed by atoms with Crippen molar-refractivity contribution in [2.24, 2.45) is 0 Å². The molecule has 0 saturated carbocycles. The number of unbranched alkanes of at least 4 members (excludes halogenated alkanes) is 9. The van der Waals surface area contributed by atoms with Crippen LogP contribution in [0, 0.1) is 0 Å². The molecule has 6 N–H and O–H groups in total. The molecule has 0 heterocycles. The molecule has 0 bridgehead atoms. The number of hydrogen-bond acceptors (Lipinski definition) is 2. The maximum absolute atomic E-state index is 2.35. The van der Waals surface area contributed by atoms with E-state index in [-0.39, 0.29) is 17.1 Å². The van der Waals surface area contributed by atoms with E-state index < -0.39 is 0 Å². The lowest BCUT2D eigenvalue weighted by Gasteiger charge is -2.35. The van der Waals surface area contributed by atoms with Crippen molar-refractivity contribution in [3.05, 3.63) is 0 Å². The van der Waals surface area contributed by atoms with Crippen LogP contribution in [0.4, 0.5) is 0 Å². The van der Waals surface area contributed by atoms with Crippen LogP contribution >= 0.6 is 0 Å². The van der Waals surface area contributed by atoms with Gasteiger partial charge in [-0.25, -0.2) is 0 Å². The van der Waals surface area contributed by atoms with Gasteiger partial charge in [-0.1, -0.05) is 58.3 Å². The Labute approximate surface area is 140 Å². The monoisotopic (exact) mass is 322 g/mol. The smallest absolute Gasteiger partial charge is 0.0786 e. The molecule has 0 aliphatic heterocycles. The summed E-state index contributed by atoms with van der Waals surface area (Å²) in [5.74, 6) is 0. The fourth-order valence-corrected chi connectivity index (χ4v) is 3.08. The summed E-state index contributed by atoms with van der Waals surface area (Å²) in [6, 6.07) is 0. The van der Waals surface area contributed by atoms with Gasteiger partial charge in [-0.05, 0) is 33.6 Å². The molecule has 0 radical (unpaired) electrons. The molecule has 0 fully saturated rings. The average Bonchev–Trinajstić information content (AvgIpc) is 2.46. The number of quaternary nitrogens is 1. The van der Waals surface area contributed by atoms with Gasteiger partial charge in [0.15, 0.2) is 0 Å². The van der Waals surface area contributed by atoms with E-state index in [1.807, 2.05) is 0 Å². The molecule has 4 heteroatoms. The summed E-state index contributed by atoms with van der Waals surface area (Å²) in [7, 11) is 0. The van der Waals surface area contributed by atoms with Gasteiger partial charge in [0.05, 0.1) is 26.2 Å². The second-order valence-electron chi connectivity index (χ2n) is 6.20. The minimum atomic E-state index is 0. The topological polar surface area (TPSA) is 96.5 Å². The van der Waals surface area contributed by atoms with Crippen LogP contribution in [0.25, 0.3) is 0 Å². The van der Waals surface area contributed by atoms with Crippen LogP contribution in [-0.2, 0) is 0 Å². The van der Waals surface area contributed by atoms with Crippen molar-refractivity contribution in [1.29, 1.82) is 0 Å². The van der Waals surface area contributed by atoms with Crippen molar-refractivity contribution in [1.82, 2.24) is 6.15 Å². The van der Waals surface area contributed by atoms with Crippen molar-refractivity contribution >= 4 is 0 Å². The first-order chi connectivity index (χ1) is 9.24. The number of rotatable bonds is 14. The molecule has 22 heavy (non-hydrogen) atoms. The van der Waals surface area contributed by atoms with Crippen molar-refractivity contribution in [3.63, 3.8) is 0 Å². The molecular formula is C18H46N2O2. The first kappa shape index (κ1) is 29.8. The molecule has 0 rings (SSSR count). The molecule has 0 aromatic heterocycles. The normalized spacial score (nSPS) is 10.4. The zero-order valence-corrected chi connectivity index (χ0v) is 16.0. The summed E-state index contributed by atoms with van der Waals surface area (Å²) in [6.45, 7) is 14.7. The summed E-state index contributed by atoms with van der Waals surface area (Å²) in [5, 5.41) is 0. The average molecular weight is 323 g/mol. The largest absolute Gasteiger partial charge is 0.870 e. The summed E-state index contributed by atoms with van der Waals surface area (Å²) in [5.41, 5.74) is 0. The lowest BCUT2D eigenvalue weighted by atomic mass is 10.1. The van der Waals surface area contributed by atoms with Crippen LogP contribution in [0.15, 0.2) is 0 Å². The zero-order chi connectivity index (χ0) is 14.4. The summed E-state index contributed by atoms with van der Waals surface area (Å²) in [6.07, 6.45) is 14.5. The fourth-order valence-electron chi connectivity index (χ4n) is 3.08. The summed E-state index contributed by atoms with van der Waals surface area (Å²) < 4.78 is 1.33. The van der Waals surface area contributed by atoms with E-state index in [0.29, 0.717) is 0 Å². The second-order valence-corrected chi connectivity index (χ2v) is 6.20. The Morgan fingerprint density at radius 3 is 1.18 bits per heavy atom. The van der Waals surface area contributed by atoms with Gasteiger partial charge in [-0.2, -0.15) is 0 Å². The van der Waals surface area contributed by atoms with Crippen molar-refractivity contribution in [2.75, 3.05) is 26.2 Å². The van der Waals surface area contributed by atoms with Crippen LogP contribution in [0.5, 0.6) is 0 Å². The van der Waals surface area contributed by atoms with Crippen LogP contribution in [0.3, 0.4) is 0 Å². The van der Waals surface area contributed by atoms with Crippen molar-refractivity contribution < 1.29 is 15.4 Å². The van der Waals surface area contributed by atoms with E-state index in [1.165, 1.54) is 94.9 Å². The number of nitrogens with zero attached hydrogens (tertiary/aromatic N) is 1. The standard InChI is InChI=1S/C18H40N.H3N.2H2O/c1-5-9-10-11-12-13-14-15-16-17-18-19(6-2,7-3)8-4;;;/h5-18H2,1-4H3;1H3;2*1H2/q+1;;;/p-1. The van der Waals surface area contributed by atoms with Gasteiger partial charge in [-0.15, -0.1) is 0 Å². The number of hydrogen-bond donors (Lipinski definition) is 1. The molecule has 0 unspecified atom stereocenters. The molecular weight excluding hydrogens is 276 g/mol. The lowest BCUT2D eigenvalue weighted by molar-refractivity contribution is -0.923. The Balaban J connectivity index is -0.000000540. The molecule has 0 aromatic rings. The predicted molar refractivity (Wildman–Crippen MR) is 99.2 cm³/mol. The van der Waals surface area contributed by atoms with Gasteiger partial charge >= 0.3 is 0 Å². The molecule has 0 spiro atoms. The van der Waals surface area contributed by atoms with Gasteiger partial charge in [0.2, 0.25) is 0 Å². The summed E-state index contributed by atoms with van der Waals surface area (Å²) >= 11 is 0. The molecule has 0 amide bonds. The minimum absolute atomic E-state index is 0. The van der Waals surface area contributed by atoms with Crippen LogP contribution in [-0.4, -0.2) is 41.6 Å². The highest BCUT2D eigenvalue weighted by Crippen LogP contribution is 2.13. The van der Waals surface area contributed by atoms with E-state index in [0.717, 1.165) is 0 Å². The fraction of sp³-hybridized carbons (Fsp3) is 1.00. The highest BCUT2D eigenvalue weighted by atomic mass is 16.0. The van der Waals surface area contributed by atoms with Crippen LogP contribution in [0.2, 0.25) is 0 Å². The third kappa shape index (κ3) is 14.8. The molecule has 0 saturated heterocycles. The Morgan fingerprint density at radius 2 is 0.864 bits per heavy atom. The van der Waals surface area contributed by atoms with Gasteiger partial charge < -0.3 is 21.6 Å². The molecule has 0 aliphatic rings. The van der Waals surface area contributed by atoms with E-state index >= 15 is 0 Å². The Hall–Kier alpha value is -0.160. The third-order valence-corrected chi connectivity index (χ3v) is 5.00. The van der Waals surface area contributed by atoms with Gasteiger partial charge in [0.25, 0.3) is 0 Å². The first-order valence-electron chi connectivity index (χ1n) is 9.09. The molecule has 0 aromatic carbocycles. The van der Waals surface area contributed by atoms with E-state index in [2.05, 4.69) is 27.7 Å². The van der Waals surface area contributed by atoms with Crippen LogP contribution in [0.1, 0.15) is 91.9 Å². The molecule has 0 atom stereocenters.